The monoisotopic (exact) mass is 228 g/mol. The molecule has 0 amide bonds. The lowest BCUT2D eigenvalue weighted by Gasteiger charge is -2.43. The zero-order valence-corrected chi connectivity index (χ0v) is 10.4. The number of hydrogen-bond acceptors (Lipinski definition) is 2. The molecule has 0 aliphatic heterocycles. The Kier molecular flexibility index (Phi) is 1.87. The van der Waals surface area contributed by atoms with E-state index >= 15 is 0 Å². The van der Waals surface area contributed by atoms with Gasteiger partial charge in [-0.15, -0.1) is 0 Å². The lowest BCUT2D eigenvalue weighted by atomic mass is 9.60. The minimum absolute atomic E-state index is 0.0175. The zero-order chi connectivity index (χ0) is 12.3. The Labute approximate surface area is 101 Å². The summed E-state index contributed by atoms with van der Waals surface area (Å²) in [6.45, 7) is 6.49. The first-order chi connectivity index (χ1) is 7.95. The lowest BCUT2D eigenvalue weighted by molar-refractivity contribution is 0.103. The molecule has 1 unspecified atom stereocenters. The fourth-order valence-corrected chi connectivity index (χ4v) is 3.15. The molecule has 0 N–H and O–H groups in total. The Hall–Kier alpha value is -1.57. The summed E-state index contributed by atoms with van der Waals surface area (Å²) in [5.74, 6) is 0.869. The van der Waals surface area contributed by atoms with Crippen LogP contribution in [0.2, 0.25) is 0 Å². The minimum Gasteiger partial charge on any atom is -0.467 e. The van der Waals surface area contributed by atoms with Crippen LogP contribution in [0.25, 0.3) is 0 Å². The van der Waals surface area contributed by atoms with E-state index in [-0.39, 0.29) is 16.6 Å². The fourth-order valence-electron chi connectivity index (χ4n) is 3.15. The summed E-state index contributed by atoms with van der Waals surface area (Å²) in [4.78, 5) is 12.1. The first-order valence-corrected chi connectivity index (χ1v) is 5.98. The number of carbonyl (C=O) groups is 1. The number of fused-ring (bicyclic) bond motifs is 3. The largest absolute Gasteiger partial charge is 0.467 e. The SMILES string of the molecule is CC1(C)CC=CC2(C)C1=CC(=O)c1ccoc12. The summed E-state index contributed by atoms with van der Waals surface area (Å²) in [7, 11) is 0. The molecule has 0 aromatic carbocycles. The van der Waals surface area contributed by atoms with Gasteiger partial charge in [0.1, 0.15) is 5.76 Å². The van der Waals surface area contributed by atoms with Crippen molar-refractivity contribution in [1.29, 1.82) is 0 Å². The molecular formula is C15H16O2. The molecule has 1 heterocycles. The standard InChI is InChI=1S/C15H16O2/c1-14(2)6-4-7-15(3)12(14)9-11(16)10-5-8-17-13(10)15/h4-5,7-9H,6H2,1-3H3. The number of carbonyl (C=O) groups excluding carboxylic acids is 1. The molecule has 1 aromatic rings. The average Bonchev–Trinajstić information content (AvgIpc) is 2.71. The molecule has 0 saturated heterocycles. The number of furan rings is 1. The normalized spacial score (nSPS) is 29.6. The molecule has 0 saturated carbocycles. The maximum absolute atomic E-state index is 12.1. The highest BCUT2D eigenvalue weighted by molar-refractivity contribution is 6.08. The van der Waals surface area contributed by atoms with Gasteiger partial charge in [-0.1, -0.05) is 26.0 Å². The van der Waals surface area contributed by atoms with Gasteiger partial charge in [0.2, 0.25) is 0 Å². The Bertz CT molecular complexity index is 557. The van der Waals surface area contributed by atoms with Crippen LogP contribution in [0, 0.1) is 5.41 Å². The molecule has 0 radical (unpaired) electrons. The Balaban J connectivity index is 2.31. The fraction of sp³-hybridized carbons (Fsp3) is 0.400. The molecule has 0 fully saturated rings. The van der Waals surface area contributed by atoms with Crippen LogP contribution in [-0.2, 0) is 5.41 Å². The van der Waals surface area contributed by atoms with Crippen LogP contribution in [0.1, 0.15) is 43.3 Å². The molecule has 2 aliphatic carbocycles. The highest BCUT2D eigenvalue weighted by atomic mass is 16.3. The van der Waals surface area contributed by atoms with Crippen molar-refractivity contribution in [2.24, 2.45) is 5.41 Å². The van der Waals surface area contributed by atoms with E-state index in [2.05, 4.69) is 32.9 Å². The molecule has 2 heteroatoms. The number of ketones is 1. The summed E-state index contributed by atoms with van der Waals surface area (Å²) in [5.41, 5.74) is 1.64. The van der Waals surface area contributed by atoms with Gasteiger partial charge < -0.3 is 4.42 Å². The van der Waals surface area contributed by atoms with Crippen molar-refractivity contribution in [1.82, 2.24) is 0 Å². The van der Waals surface area contributed by atoms with Crippen LogP contribution in [0.3, 0.4) is 0 Å². The summed E-state index contributed by atoms with van der Waals surface area (Å²) < 4.78 is 5.58. The van der Waals surface area contributed by atoms with Gasteiger partial charge in [-0.25, -0.2) is 0 Å². The first kappa shape index (κ1) is 10.6. The molecule has 2 nitrogen and oxygen atoms in total. The smallest absolute Gasteiger partial charge is 0.189 e. The van der Waals surface area contributed by atoms with Gasteiger partial charge in [0.15, 0.2) is 5.78 Å². The van der Waals surface area contributed by atoms with Gasteiger partial charge in [-0.05, 0) is 36.5 Å². The van der Waals surface area contributed by atoms with Crippen molar-refractivity contribution >= 4 is 5.78 Å². The maximum Gasteiger partial charge on any atom is 0.189 e. The van der Waals surface area contributed by atoms with Crippen LogP contribution >= 0.6 is 0 Å². The van der Waals surface area contributed by atoms with E-state index in [1.165, 1.54) is 5.57 Å². The number of allylic oxidation sites excluding steroid dienone is 4. The average molecular weight is 228 g/mol. The van der Waals surface area contributed by atoms with Crippen LogP contribution in [0.5, 0.6) is 0 Å². The number of hydrogen-bond donors (Lipinski definition) is 0. The zero-order valence-electron chi connectivity index (χ0n) is 10.4. The predicted molar refractivity (Wildman–Crippen MR) is 66.0 cm³/mol. The first-order valence-electron chi connectivity index (χ1n) is 5.98. The summed E-state index contributed by atoms with van der Waals surface area (Å²) in [5, 5.41) is 0. The third-order valence-electron chi connectivity index (χ3n) is 4.05. The van der Waals surface area contributed by atoms with Crippen molar-refractivity contribution in [3.63, 3.8) is 0 Å². The van der Waals surface area contributed by atoms with E-state index < -0.39 is 0 Å². The predicted octanol–water partition coefficient (Wildman–Crippen LogP) is 3.65. The Morgan fingerprint density at radius 2 is 2.06 bits per heavy atom. The molecule has 3 rings (SSSR count). The molecule has 17 heavy (non-hydrogen) atoms. The van der Waals surface area contributed by atoms with Gasteiger partial charge in [-0.2, -0.15) is 0 Å². The quantitative estimate of drug-likeness (QED) is 0.634. The minimum atomic E-state index is -0.255. The van der Waals surface area contributed by atoms with Gasteiger partial charge in [0, 0.05) is 0 Å². The van der Waals surface area contributed by atoms with Gasteiger partial charge >= 0.3 is 0 Å². The van der Waals surface area contributed by atoms with Gasteiger partial charge in [-0.3, -0.25) is 4.79 Å². The molecule has 0 spiro atoms. The van der Waals surface area contributed by atoms with Crippen molar-refractivity contribution < 1.29 is 9.21 Å². The molecular weight excluding hydrogens is 212 g/mol. The summed E-state index contributed by atoms with van der Waals surface area (Å²) >= 11 is 0. The summed E-state index contributed by atoms with van der Waals surface area (Å²) in [6.07, 6.45) is 8.75. The van der Waals surface area contributed by atoms with Crippen LogP contribution < -0.4 is 0 Å². The molecule has 88 valence electrons. The van der Waals surface area contributed by atoms with Gasteiger partial charge in [0.25, 0.3) is 0 Å². The van der Waals surface area contributed by atoms with Crippen LogP contribution in [0.4, 0.5) is 0 Å². The second kappa shape index (κ2) is 3.00. The Morgan fingerprint density at radius 3 is 2.82 bits per heavy atom. The number of rotatable bonds is 0. The maximum atomic E-state index is 12.1. The second-order valence-corrected chi connectivity index (χ2v) is 5.78. The van der Waals surface area contributed by atoms with E-state index in [4.69, 9.17) is 4.42 Å². The lowest BCUT2D eigenvalue weighted by Crippen LogP contribution is -2.38. The van der Waals surface area contributed by atoms with Crippen LogP contribution in [-0.4, -0.2) is 5.78 Å². The molecule has 1 atom stereocenters. The third-order valence-corrected chi connectivity index (χ3v) is 4.05. The van der Waals surface area contributed by atoms with Crippen molar-refractivity contribution in [3.05, 3.63) is 47.5 Å². The van der Waals surface area contributed by atoms with Crippen LogP contribution in [0.15, 0.2) is 40.5 Å². The van der Waals surface area contributed by atoms with E-state index in [0.717, 1.165) is 12.2 Å². The topological polar surface area (TPSA) is 30.2 Å². The molecule has 1 aromatic heterocycles. The van der Waals surface area contributed by atoms with Gasteiger partial charge in [0.05, 0.1) is 17.2 Å². The molecule has 2 aliphatic rings. The molecule has 0 bridgehead atoms. The highest BCUT2D eigenvalue weighted by Crippen LogP contribution is 2.51. The van der Waals surface area contributed by atoms with Crippen molar-refractivity contribution in [3.8, 4) is 0 Å². The third kappa shape index (κ3) is 1.24. The second-order valence-electron chi connectivity index (χ2n) is 5.78. The summed E-state index contributed by atoms with van der Waals surface area (Å²) in [6, 6.07) is 1.77. The van der Waals surface area contributed by atoms with E-state index in [9.17, 15) is 4.79 Å². The van der Waals surface area contributed by atoms with E-state index in [1.807, 2.05) is 0 Å². The van der Waals surface area contributed by atoms with E-state index in [0.29, 0.717) is 5.56 Å². The van der Waals surface area contributed by atoms with Crippen molar-refractivity contribution in [2.45, 2.75) is 32.6 Å². The Morgan fingerprint density at radius 1 is 1.29 bits per heavy atom. The highest BCUT2D eigenvalue weighted by Gasteiger charge is 2.46. The van der Waals surface area contributed by atoms with Crippen molar-refractivity contribution in [2.75, 3.05) is 0 Å². The van der Waals surface area contributed by atoms with E-state index in [1.54, 1.807) is 18.4 Å².